The molecule has 0 spiro atoms. The number of para-hydroxylation sites is 2. The summed E-state index contributed by atoms with van der Waals surface area (Å²) in [5.41, 5.74) is 0.615. The molecule has 0 bridgehead atoms. The average Bonchev–Trinajstić information content (AvgIpc) is 3.26. The summed E-state index contributed by atoms with van der Waals surface area (Å²) in [6.07, 6.45) is 2.11. The molecule has 0 N–H and O–H groups in total. The molecule has 2 heterocycles. The van der Waals surface area contributed by atoms with Gasteiger partial charge in [-0.25, -0.2) is 0 Å². The zero-order chi connectivity index (χ0) is 19.3. The predicted molar refractivity (Wildman–Crippen MR) is 104 cm³/mol. The van der Waals surface area contributed by atoms with Crippen molar-refractivity contribution in [3.05, 3.63) is 54.1 Å². The highest BCUT2D eigenvalue weighted by Crippen LogP contribution is 2.31. The Labute approximate surface area is 165 Å². The van der Waals surface area contributed by atoms with Crippen molar-refractivity contribution in [3.63, 3.8) is 0 Å². The fourth-order valence-electron chi connectivity index (χ4n) is 3.42. The van der Waals surface area contributed by atoms with Gasteiger partial charge >= 0.3 is 0 Å². The summed E-state index contributed by atoms with van der Waals surface area (Å²) in [4.78, 5) is 14.4. The van der Waals surface area contributed by atoms with Gasteiger partial charge in [0.15, 0.2) is 17.6 Å². The third-order valence-electron chi connectivity index (χ3n) is 4.95. The van der Waals surface area contributed by atoms with E-state index in [-0.39, 0.29) is 18.1 Å². The Bertz CT molecular complexity index is 801. The Morgan fingerprint density at radius 2 is 1.89 bits per heavy atom. The fourth-order valence-corrected chi connectivity index (χ4v) is 3.42. The SMILES string of the molecule is CN(C[C@@H]1COc2ccccc2O1)C(=O)c1ccc(OC[C@@H]2CCCO2)cc1. The van der Waals surface area contributed by atoms with Crippen molar-refractivity contribution in [1.29, 1.82) is 0 Å². The summed E-state index contributed by atoms with van der Waals surface area (Å²) in [6, 6.07) is 14.8. The minimum Gasteiger partial charge on any atom is -0.491 e. The number of hydrogen-bond donors (Lipinski definition) is 0. The van der Waals surface area contributed by atoms with Crippen molar-refractivity contribution >= 4 is 5.91 Å². The van der Waals surface area contributed by atoms with Gasteiger partial charge in [0.05, 0.1) is 12.6 Å². The summed E-state index contributed by atoms with van der Waals surface area (Å²) in [5.74, 6) is 2.14. The van der Waals surface area contributed by atoms with Crippen LogP contribution in [0.1, 0.15) is 23.2 Å². The first-order valence-electron chi connectivity index (χ1n) is 9.67. The van der Waals surface area contributed by atoms with Crippen LogP contribution in [0, 0.1) is 0 Å². The van der Waals surface area contributed by atoms with E-state index in [4.69, 9.17) is 18.9 Å². The van der Waals surface area contributed by atoms with Crippen LogP contribution < -0.4 is 14.2 Å². The van der Waals surface area contributed by atoms with Gasteiger partial charge in [-0.15, -0.1) is 0 Å². The predicted octanol–water partition coefficient (Wildman–Crippen LogP) is 3.16. The van der Waals surface area contributed by atoms with Crippen LogP contribution in [0.25, 0.3) is 0 Å². The van der Waals surface area contributed by atoms with Gasteiger partial charge in [-0.3, -0.25) is 4.79 Å². The van der Waals surface area contributed by atoms with E-state index in [1.54, 1.807) is 24.1 Å². The zero-order valence-electron chi connectivity index (χ0n) is 16.0. The van der Waals surface area contributed by atoms with Crippen molar-refractivity contribution in [2.75, 3.05) is 33.4 Å². The van der Waals surface area contributed by atoms with E-state index >= 15 is 0 Å². The van der Waals surface area contributed by atoms with E-state index in [0.717, 1.165) is 30.9 Å². The van der Waals surface area contributed by atoms with Crippen molar-refractivity contribution in [2.45, 2.75) is 25.0 Å². The zero-order valence-corrected chi connectivity index (χ0v) is 16.0. The standard InChI is InChI=1S/C22H25NO5/c1-23(13-19-15-27-20-6-2-3-7-21(20)28-19)22(24)16-8-10-17(11-9-16)26-14-18-5-4-12-25-18/h2-3,6-11,18-19H,4-5,12-15H2,1H3/t18-,19+/m0/s1. The van der Waals surface area contributed by atoms with Gasteiger partial charge in [-0.05, 0) is 49.2 Å². The maximum absolute atomic E-state index is 12.7. The third-order valence-corrected chi connectivity index (χ3v) is 4.95. The molecule has 2 aliphatic heterocycles. The van der Waals surface area contributed by atoms with Crippen molar-refractivity contribution < 1.29 is 23.7 Å². The number of amides is 1. The second-order valence-electron chi connectivity index (χ2n) is 7.15. The van der Waals surface area contributed by atoms with E-state index in [9.17, 15) is 4.79 Å². The summed E-state index contributed by atoms with van der Waals surface area (Å²) in [6.45, 7) is 2.23. The van der Waals surface area contributed by atoms with Gasteiger partial charge in [-0.2, -0.15) is 0 Å². The van der Waals surface area contributed by atoms with Crippen LogP contribution in [-0.2, 0) is 4.74 Å². The number of ether oxygens (including phenoxy) is 4. The summed E-state index contributed by atoms with van der Waals surface area (Å²) >= 11 is 0. The number of carbonyl (C=O) groups excluding carboxylic acids is 1. The minimum absolute atomic E-state index is 0.0619. The molecule has 2 aromatic rings. The van der Waals surface area contributed by atoms with E-state index < -0.39 is 0 Å². The number of rotatable bonds is 6. The average molecular weight is 383 g/mol. The molecule has 0 aromatic heterocycles. The van der Waals surface area contributed by atoms with Gasteiger partial charge in [0.25, 0.3) is 5.91 Å². The van der Waals surface area contributed by atoms with Crippen molar-refractivity contribution in [3.8, 4) is 17.2 Å². The van der Waals surface area contributed by atoms with E-state index in [1.807, 2.05) is 36.4 Å². The lowest BCUT2D eigenvalue weighted by molar-refractivity contribution is 0.0520. The lowest BCUT2D eigenvalue weighted by Gasteiger charge is -2.29. The van der Waals surface area contributed by atoms with Crippen LogP contribution in [0.15, 0.2) is 48.5 Å². The Hall–Kier alpha value is -2.73. The lowest BCUT2D eigenvalue weighted by atomic mass is 10.2. The molecule has 0 saturated carbocycles. The molecule has 148 valence electrons. The summed E-state index contributed by atoms with van der Waals surface area (Å²) < 4.78 is 23.0. The second-order valence-corrected chi connectivity index (χ2v) is 7.15. The van der Waals surface area contributed by atoms with E-state index in [1.165, 1.54) is 0 Å². The molecule has 0 unspecified atom stereocenters. The highest BCUT2D eigenvalue weighted by atomic mass is 16.6. The molecule has 2 aliphatic rings. The minimum atomic E-state index is -0.196. The normalized spacial score (nSPS) is 20.6. The van der Waals surface area contributed by atoms with Gasteiger partial charge in [-0.1, -0.05) is 12.1 Å². The van der Waals surface area contributed by atoms with E-state index in [2.05, 4.69) is 0 Å². The number of likely N-dealkylation sites (N-methyl/N-ethyl adjacent to an activating group) is 1. The van der Waals surface area contributed by atoms with Crippen LogP contribution in [0.3, 0.4) is 0 Å². The van der Waals surface area contributed by atoms with Gasteiger partial charge in [0.1, 0.15) is 19.0 Å². The lowest BCUT2D eigenvalue weighted by Crippen LogP contribution is -2.41. The van der Waals surface area contributed by atoms with E-state index in [0.29, 0.717) is 31.1 Å². The van der Waals surface area contributed by atoms with Crippen molar-refractivity contribution in [2.24, 2.45) is 0 Å². The summed E-state index contributed by atoms with van der Waals surface area (Å²) in [5, 5.41) is 0. The third kappa shape index (κ3) is 4.39. The highest BCUT2D eigenvalue weighted by Gasteiger charge is 2.24. The monoisotopic (exact) mass is 383 g/mol. The van der Waals surface area contributed by atoms with Crippen LogP contribution in [-0.4, -0.2) is 56.4 Å². The number of nitrogens with zero attached hydrogens (tertiary/aromatic N) is 1. The van der Waals surface area contributed by atoms with Gasteiger partial charge in [0, 0.05) is 19.2 Å². The van der Waals surface area contributed by atoms with Crippen LogP contribution in [0.2, 0.25) is 0 Å². The Morgan fingerprint density at radius 1 is 1.11 bits per heavy atom. The first kappa shape index (κ1) is 18.6. The number of benzene rings is 2. The second kappa shape index (κ2) is 8.52. The Balaban J connectivity index is 1.30. The Morgan fingerprint density at radius 3 is 2.64 bits per heavy atom. The molecule has 28 heavy (non-hydrogen) atoms. The Kier molecular flexibility index (Phi) is 5.67. The molecule has 0 aliphatic carbocycles. The topological polar surface area (TPSA) is 57.2 Å². The van der Waals surface area contributed by atoms with Crippen LogP contribution >= 0.6 is 0 Å². The molecule has 0 radical (unpaired) electrons. The molecule has 1 amide bonds. The number of fused-ring (bicyclic) bond motifs is 1. The smallest absolute Gasteiger partial charge is 0.253 e. The molecule has 2 aromatic carbocycles. The molecular formula is C22H25NO5. The molecule has 6 heteroatoms. The molecular weight excluding hydrogens is 358 g/mol. The summed E-state index contributed by atoms with van der Waals surface area (Å²) in [7, 11) is 1.77. The maximum Gasteiger partial charge on any atom is 0.253 e. The first-order valence-corrected chi connectivity index (χ1v) is 9.67. The fraction of sp³-hybridized carbons (Fsp3) is 0.409. The molecule has 4 rings (SSSR count). The molecule has 6 nitrogen and oxygen atoms in total. The molecule has 2 atom stereocenters. The number of carbonyl (C=O) groups is 1. The highest BCUT2D eigenvalue weighted by molar-refractivity contribution is 5.94. The van der Waals surface area contributed by atoms with Gasteiger partial charge < -0.3 is 23.8 Å². The maximum atomic E-state index is 12.7. The van der Waals surface area contributed by atoms with Gasteiger partial charge in [0.2, 0.25) is 0 Å². The molecule has 1 fully saturated rings. The quantitative estimate of drug-likeness (QED) is 0.767. The molecule has 1 saturated heterocycles. The van der Waals surface area contributed by atoms with Crippen LogP contribution in [0.4, 0.5) is 0 Å². The largest absolute Gasteiger partial charge is 0.491 e. The number of hydrogen-bond acceptors (Lipinski definition) is 5. The first-order chi connectivity index (χ1) is 13.7. The van der Waals surface area contributed by atoms with Crippen molar-refractivity contribution in [1.82, 2.24) is 4.90 Å². The van der Waals surface area contributed by atoms with Crippen LogP contribution in [0.5, 0.6) is 17.2 Å².